The minimum Gasteiger partial charge on any atom is -0.397 e. The Morgan fingerprint density at radius 2 is 1.74 bits per heavy atom. The minimum absolute atomic E-state index is 0.0343. The number of thiophene rings is 1. The molecule has 0 unspecified atom stereocenters. The first-order chi connectivity index (χ1) is 14.7. The van der Waals surface area contributed by atoms with E-state index in [9.17, 15) is 9.36 Å². The minimum atomic E-state index is -2.73. The topological polar surface area (TPSA) is 81.4 Å². The van der Waals surface area contributed by atoms with Gasteiger partial charge in [0.25, 0.3) is 5.91 Å². The molecule has 5 nitrogen and oxygen atoms in total. The molecule has 1 amide bonds. The lowest BCUT2D eigenvalue weighted by molar-refractivity contribution is 0.102. The van der Waals surface area contributed by atoms with Crippen molar-refractivity contribution in [3.8, 4) is 10.4 Å². The van der Waals surface area contributed by atoms with Gasteiger partial charge in [0.15, 0.2) is 0 Å². The largest absolute Gasteiger partial charge is 0.397 e. The van der Waals surface area contributed by atoms with Gasteiger partial charge in [-0.15, -0.1) is 11.3 Å². The van der Waals surface area contributed by atoms with E-state index < -0.39 is 7.37 Å². The van der Waals surface area contributed by atoms with Crippen LogP contribution in [0.2, 0.25) is 0 Å². The number of nitrogen functional groups attached to an aromatic ring is 1. The van der Waals surface area contributed by atoms with Crippen molar-refractivity contribution in [3.05, 3.63) is 71.1 Å². The molecule has 1 aromatic heterocycles. The fourth-order valence-corrected chi connectivity index (χ4v) is 6.14. The summed E-state index contributed by atoms with van der Waals surface area (Å²) in [4.78, 5) is 13.8. The maximum atomic E-state index is 13.0. The van der Waals surface area contributed by atoms with Gasteiger partial charge in [-0.25, -0.2) is 0 Å². The second-order valence-corrected chi connectivity index (χ2v) is 12.6. The molecule has 3 rings (SSSR count). The number of nitrogens with one attached hydrogen (secondary N) is 1. The van der Waals surface area contributed by atoms with Gasteiger partial charge in [0.2, 0.25) is 7.37 Å². The Labute approximate surface area is 188 Å². The van der Waals surface area contributed by atoms with Crippen molar-refractivity contribution in [2.45, 2.75) is 45.6 Å². The molecule has 0 fully saturated rings. The highest BCUT2D eigenvalue weighted by Gasteiger charge is 2.31. The zero-order chi connectivity index (χ0) is 22.6. The molecule has 164 valence electrons. The van der Waals surface area contributed by atoms with Gasteiger partial charge in [0.05, 0.1) is 18.0 Å². The van der Waals surface area contributed by atoms with Crippen LogP contribution >= 0.6 is 18.7 Å². The normalized spacial score (nSPS) is 11.8. The number of anilines is 2. The predicted molar refractivity (Wildman–Crippen MR) is 131 cm³/mol. The van der Waals surface area contributed by atoms with Gasteiger partial charge < -0.3 is 15.6 Å². The Balaban J connectivity index is 1.69. The monoisotopic (exact) mass is 456 g/mol. The SMILES string of the molecule is CC(C)P(=O)(OCc1ccc(C(=O)Nc2cc(-c3cccs3)ccc2N)cc1)C(C)C. The van der Waals surface area contributed by atoms with E-state index in [1.165, 1.54) is 0 Å². The third kappa shape index (κ3) is 5.45. The van der Waals surface area contributed by atoms with E-state index in [-0.39, 0.29) is 23.8 Å². The summed E-state index contributed by atoms with van der Waals surface area (Å²) in [7, 11) is -2.73. The molecule has 0 saturated heterocycles. The van der Waals surface area contributed by atoms with E-state index in [0.717, 1.165) is 16.0 Å². The molecule has 0 radical (unpaired) electrons. The zero-order valence-corrected chi connectivity index (χ0v) is 20.0. The number of carbonyl (C=O) groups is 1. The molecule has 0 spiro atoms. The third-order valence-electron chi connectivity index (χ3n) is 5.20. The molecule has 3 aromatic rings. The third-order valence-corrected chi connectivity index (χ3v) is 9.53. The number of hydrogen-bond acceptors (Lipinski definition) is 5. The number of nitrogens with two attached hydrogens (primary N) is 1. The van der Waals surface area contributed by atoms with Crippen LogP contribution < -0.4 is 11.1 Å². The predicted octanol–water partition coefficient (Wildman–Crippen LogP) is 6.86. The quantitative estimate of drug-likeness (QED) is 0.286. The Bertz CT molecular complexity index is 1060. The first-order valence-corrected chi connectivity index (χ1v) is 12.9. The van der Waals surface area contributed by atoms with Crippen LogP contribution in [-0.2, 0) is 15.7 Å². The zero-order valence-electron chi connectivity index (χ0n) is 18.3. The molecule has 0 bridgehead atoms. The summed E-state index contributed by atoms with van der Waals surface area (Å²) in [5.74, 6) is -0.238. The first kappa shape index (κ1) is 23.3. The maximum Gasteiger partial charge on any atom is 0.255 e. The van der Waals surface area contributed by atoms with Gasteiger partial charge in [-0.3, -0.25) is 9.36 Å². The molecule has 31 heavy (non-hydrogen) atoms. The molecule has 7 heteroatoms. The van der Waals surface area contributed by atoms with E-state index in [0.29, 0.717) is 16.9 Å². The van der Waals surface area contributed by atoms with Crippen molar-refractivity contribution in [1.82, 2.24) is 0 Å². The van der Waals surface area contributed by atoms with Crippen molar-refractivity contribution in [3.63, 3.8) is 0 Å². The van der Waals surface area contributed by atoms with Crippen molar-refractivity contribution >= 4 is 36.0 Å². The molecule has 0 aliphatic rings. The van der Waals surface area contributed by atoms with Gasteiger partial charge in [0.1, 0.15) is 0 Å². The number of amides is 1. The van der Waals surface area contributed by atoms with Gasteiger partial charge in [0, 0.05) is 21.8 Å². The van der Waals surface area contributed by atoms with Crippen LogP contribution in [0.15, 0.2) is 60.0 Å². The number of benzene rings is 2. The van der Waals surface area contributed by atoms with Gasteiger partial charge in [-0.05, 0) is 46.8 Å². The summed E-state index contributed by atoms with van der Waals surface area (Å²) in [5, 5.41) is 4.91. The van der Waals surface area contributed by atoms with Crippen LogP contribution in [0, 0.1) is 0 Å². The summed E-state index contributed by atoms with van der Waals surface area (Å²) < 4.78 is 18.8. The van der Waals surface area contributed by atoms with Crippen LogP contribution in [0.3, 0.4) is 0 Å². The number of rotatable bonds is 8. The molecule has 3 N–H and O–H groups in total. The number of carbonyl (C=O) groups excluding carboxylic acids is 1. The van der Waals surface area contributed by atoms with Crippen LogP contribution in [0.5, 0.6) is 0 Å². The maximum absolute atomic E-state index is 13.0. The summed E-state index contributed by atoms with van der Waals surface area (Å²) in [6, 6.07) is 16.8. The van der Waals surface area contributed by atoms with Crippen LogP contribution in [0.4, 0.5) is 11.4 Å². The molecular weight excluding hydrogens is 427 g/mol. The van der Waals surface area contributed by atoms with Crippen molar-refractivity contribution in [1.29, 1.82) is 0 Å². The standard InChI is InChI=1S/C24H29N2O3PS/c1-16(2)30(28,17(3)4)29-15-18-7-9-19(10-8-18)24(27)26-22-14-20(11-12-21(22)25)23-6-5-13-31-23/h5-14,16-17H,15,25H2,1-4H3,(H,26,27). The van der Waals surface area contributed by atoms with Crippen molar-refractivity contribution < 1.29 is 13.9 Å². The fraction of sp³-hybridized carbons (Fsp3) is 0.292. The Kier molecular flexibility index (Phi) is 7.37. The smallest absolute Gasteiger partial charge is 0.255 e. The lowest BCUT2D eigenvalue weighted by Crippen LogP contribution is -2.13. The summed E-state index contributed by atoms with van der Waals surface area (Å²) >= 11 is 1.63. The Morgan fingerprint density at radius 3 is 2.32 bits per heavy atom. The van der Waals surface area contributed by atoms with E-state index in [4.69, 9.17) is 10.3 Å². The lowest BCUT2D eigenvalue weighted by Gasteiger charge is -2.25. The highest BCUT2D eigenvalue weighted by molar-refractivity contribution is 7.60. The van der Waals surface area contributed by atoms with Crippen LogP contribution in [-0.4, -0.2) is 17.2 Å². The summed E-state index contributed by atoms with van der Waals surface area (Å²) in [5.41, 5.74) is 9.48. The molecule has 0 aliphatic heterocycles. The molecular formula is C24H29N2O3PS. The second-order valence-electron chi connectivity index (χ2n) is 8.04. The lowest BCUT2D eigenvalue weighted by atomic mass is 10.1. The Hall–Kier alpha value is -2.40. The van der Waals surface area contributed by atoms with Gasteiger partial charge in [-0.1, -0.05) is 52.0 Å². The van der Waals surface area contributed by atoms with E-state index in [2.05, 4.69) is 5.32 Å². The Morgan fingerprint density at radius 1 is 1.06 bits per heavy atom. The summed E-state index contributed by atoms with van der Waals surface area (Å²) in [6.07, 6.45) is 0. The van der Waals surface area contributed by atoms with E-state index in [1.807, 2.05) is 69.5 Å². The number of hydrogen-bond donors (Lipinski definition) is 2. The fourth-order valence-electron chi connectivity index (χ4n) is 3.28. The molecule has 0 saturated carbocycles. The van der Waals surface area contributed by atoms with Gasteiger partial charge in [-0.2, -0.15) is 0 Å². The second kappa shape index (κ2) is 9.82. The molecule has 0 atom stereocenters. The highest BCUT2D eigenvalue weighted by atomic mass is 32.1. The van der Waals surface area contributed by atoms with Crippen LogP contribution in [0.25, 0.3) is 10.4 Å². The average Bonchev–Trinajstić information content (AvgIpc) is 3.28. The van der Waals surface area contributed by atoms with Gasteiger partial charge >= 0.3 is 0 Å². The van der Waals surface area contributed by atoms with E-state index in [1.54, 1.807) is 29.5 Å². The molecule has 0 aliphatic carbocycles. The molecule has 2 aromatic carbocycles. The summed E-state index contributed by atoms with van der Waals surface area (Å²) in [6.45, 7) is 7.95. The first-order valence-electron chi connectivity index (χ1n) is 10.3. The molecule has 1 heterocycles. The van der Waals surface area contributed by atoms with E-state index >= 15 is 0 Å². The van der Waals surface area contributed by atoms with Crippen LogP contribution in [0.1, 0.15) is 43.6 Å². The van der Waals surface area contributed by atoms with Crippen molar-refractivity contribution in [2.24, 2.45) is 0 Å². The van der Waals surface area contributed by atoms with Crippen molar-refractivity contribution in [2.75, 3.05) is 11.1 Å². The average molecular weight is 457 g/mol. The highest BCUT2D eigenvalue weighted by Crippen LogP contribution is 2.56.